The molecule has 7 nitrogen and oxygen atoms in total. The molecular weight excluding hydrogens is 274 g/mol. The first-order valence-corrected chi connectivity index (χ1v) is 6.38. The molecular formula is C14H17N3O4. The van der Waals surface area contributed by atoms with Gasteiger partial charge in [-0.25, -0.2) is 0 Å². The summed E-state index contributed by atoms with van der Waals surface area (Å²) in [4.78, 5) is 12.1. The Morgan fingerprint density at radius 1 is 1.43 bits per heavy atom. The molecule has 0 fully saturated rings. The van der Waals surface area contributed by atoms with Gasteiger partial charge in [-0.2, -0.15) is 5.10 Å². The number of aliphatic hydroxyl groups excluding tert-OH is 1. The number of nitrogens with one attached hydrogen (secondary N) is 2. The van der Waals surface area contributed by atoms with Gasteiger partial charge in [0.2, 0.25) is 0 Å². The highest BCUT2D eigenvalue weighted by molar-refractivity contribution is 6.04. The number of hydrogen-bond acceptors (Lipinski definition) is 5. The monoisotopic (exact) mass is 291 g/mol. The van der Waals surface area contributed by atoms with Crippen molar-refractivity contribution in [1.82, 2.24) is 10.2 Å². The van der Waals surface area contributed by atoms with Gasteiger partial charge in [0.05, 0.1) is 25.5 Å². The number of aromatic amines is 1. The number of aliphatic hydroxyl groups is 1. The topological polar surface area (TPSA) is 96.5 Å². The lowest BCUT2D eigenvalue weighted by molar-refractivity contribution is 0.102. The fourth-order valence-corrected chi connectivity index (χ4v) is 1.80. The third-order valence-corrected chi connectivity index (χ3v) is 2.84. The van der Waals surface area contributed by atoms with Crippen molar-refractivity contribution < 1.29 is 19.4 Å². The SMILES string of the molecule is COc1ccc(NC(=O)c2cn[nH]c2C)cc1OCCO. The second-order valence-electron chi connectivity index (χ2n) is 4.30. The molecule has 0 saturated carbocycles. The molecule has 1 aromatic carbocycles. The van der Waals surface area contributed by atoms with E-state index in [1.165, 1.54) is 13.3 Å². The zero-order chi connectivity index (χ0) is 15.2. The number of aryl methyl sites for hydroxylation is 1. The van der Waals surface area contributed by atoms with Crippen molar-refractivity contribution in [3.05, 3.63) is 35.7 Å². The van der Waals surface area contributed by atoms with Gasteiger partial charge in [0.25, 0.3) is 5.91 Å². The van der Waals surface area contributed by atoms with Crippen molar-refractivity contribution in [3.8, 4) is 11.5 Å². The Labute approximate surface area is 121 Å². The van der Waals surface area contributed by atoms with Gasteiger partial charge < -0.3 is 19.9 Å². The number of carbonyl (C=O) groups is 1. The molecule has 112 valence electrons. The Balaban J connectivity index is 2.16. The summed E-state index contributed by atoms with van der Waals surface area (Å²) in [7, 11) is 1.52. The number of aromatic nitrogens is 2. The highest BCUT2D eigenvalue weighted by Crippen LogP contribution is 2.30. The van der Waals surface area contributed by atoms with E-state index in [4.69, 9.17) is 14.6 Å². The second kappa shape index (κ2) is 6.76. The molecule has 0 aliphatic rings. The summed E-state index contributed by atoms with van der Waals surface area (Å²) in [6.07, 6.45) is 1.47. The Morgan fingerprint density at radius 2 is 2.24 bits per heavy atom. The van der Waals surface area contributed by atoms with Gasteiger partial charge in [-0.05, 0) is 19.1 Å². The molecule has 0 spiro atoms. The molecule has 0 aliphatic heterocycles. The minimum atomic E-state index is -0.264. The summed E-state index contributed by atoms with van der Waals surface area (Å²) in [6.45, 7) is 1.81. The minimum absolute atomic E-state index is 0.103. The molecule has 0 aliphatic carbocycles. The van der Waals surface area contributed by atoms with Crippen molar-refractivity contribution in [2.45, 2.75) is 6.92 Å². The first kappa shape index (κ1) is 14.9. The molecule has 0 atom stereocenters. The summed E-state index contributed by atoms with van der Waals surface area (Å²) in [5, 5.41) is 18.1. The molecule has 1 aromatic heterocycles. The molecule has 0 bridgehead atoms. The maximum Gasteiger partial charge on any atom is 0.259 e. The van der Waals surface area contributed by atoms with Gasteiger partial charge >= 0.3 is 0 Å². The fraction of sp³-hybridized carbons (Fsp3) is 0.286. The van der Waals surface area contributed by atoms with Crippen molar-refractivity contribution in [3.63, 3.8) is 0 Å². The van der Waals surface area contributed by atoms with Crippen molar-refractivity contribution >= 4 is 11.6 Å². The standard InChI is InChI=1S/C14H17N3O4/c1-9-11(8-15-17-9)14(19)16-10-3-4-12(20-2)13(7-10)21-6-5-18/h3-4,7-8,18H,5-6H2,1-2H3,(H,15,17)(H,16,19). The predicted molar refractivity (Wildman–Crippen MR) is 76.9 cm³/mol. The smallest absolute Gasteiger partial charge is 0.259 e. The summed E-state index contributed by atoms with van der Waals surface area (Å²) < 4.78 is 10.5. The Morgan fingerprint density at radius 3 is 2.86 bits per heavy atom. The third kappa shape index (κ3) is 3.51. The number of nitrogens with zero attached hydrogens (tertiary/aromatic N) is 1. The van der Waals surface area contributed by atoms with Crippen LogP contribution in [-0.2, 0) is 0 Å². The van der Waals surface area contributed by atoms with E-state index in [1.54, 1.807) is 25.1 Å². The largest absolute Gasteiger partial charge is 0.493 e. The van der Waals surface area contributed by atoms with E-state index in [1.807, 2.05) is 0 Å². The van der Waals surface area contributed by atoms with Crippen molar-refractivity contribution in [1.29, 1.82) is 0 Å². The van der Waals surface area contributed by atoms with E-state index in [0.717, 1.165) is 0 Å². The van der Waals surface area contributed by atoms with Gasteiger partial charge in [0.1, 0.15) is 6.61 Å². The summed E-state index contributed by atoms with van der Waals surface area (Å²) in [5.74, 6) is 0.716. The molecule has 2 rings (SSSR count). The first-order chi connectivity index (χ1) is 10.2. The molecule has 0 unspecified atom stereocenters. The van der Waals surface area contributed by atoms with Crippen LogP contribution in [0.25, 0.3) is 0 Å². The predicted octanol–water partition coefficient (Wildman–Crippen LogP) is 1.35. The molecule has 1 amide bonds. The highest BCUT2D eigenvalue weighted by Gasteiger charge is 2.12. The Bertz CT molecular complexity index is 624. The number of carbonyl (C=O) groups excluding carboxylic acids is 1. The number of hydrogen-bond donors (Lipinski definition) is 3. The maximum absolute atomic E-state index is 12.1. The van der Waals surface area contributed by atoms with E-state index in [2.05, 4.69) is 15.5 Å². The molecule has 21 heavy (non-hydrogen) atoms. The summed E-state index contributed by atoms with van der Waals surface area (Å²) >= 11 is 0. The van der Waals surface area contributed by atoms with Gasteiger partial charge in [0, 0.05) is 17.4 Å². The molecule has 7 heteroatoms. The van der Waals surface area contributed by atoms with E-state index in [0.29, 0.717) is 28.4 Å². The number of rotatable bonds is 6. The number of amides is 1. The number of methoxy groups -OCH3 is 1. The first-order valence-electron chi connectivity index (χ1n) is 6.38. The van der Waals surface area contributed by atoms with Crippen molar-refractivity contribution in [2.75, 3.05) is 25.6 Å². The van der Waals surface area contributed by atoms with Crippen LogP contribution in [0.15, 0.2) is 24.4 Å². The van der Waals surface area contributed by atoms with Crippen LogP contribution in [0.2, 0.25) is 0 Å². The van der Waals surface area contributed by atoms with Crippen LogP contribution < -0.4 is 14.8 Å². The quantitative estimate of drug-likeness (QED) is 0.746. The van der Waals surface area contributed by atoms with Crippen LogP contribution in [0.4, 0.5) is 5.69 Å². The minimum Gasteiger partial charge on any atom is -0.493 e. The van der Waals surface area contributed by atoms with Gasteiger partial charge in [0.15, 0.2) is 11.5 Å². The number of ether oxygens (including phenoxy) is 2. The third-order valence-electron chi connectivity index (χ3n) is 2.84. The average Bonchev–Trinajstić information content (AvgIpc) is 2.91. The van der Waals surface area contributed by atoms with E-state index < -0.39 is 0 Å². The number of anilines is 1. The van der Waals surface area contributed by atoms with Crippen LogP contribution in [-0.4, -0.2) is 41.5 Å². The van der Waals surface area contributed by atoms with Crippen LogP contribution in [0.1, 0.15) is 16.1 Å². The Kier molecular flexibility index (Phi) is 4.78. The summed E-state index contributed by atoms with van der Waals surface area (Å²) in [6, 6.07) is 5.03. The maximum atomic E-state index is 12.1. The fourth-order valence-electron chi connectivity index (χ4n) is 1.80. The van der Waals surface area contributed by atoms with E-state index in [-0.39, 0.29) is 19.1 Å². The number of H-pyrrole nitrogens is 1. The van der Waals surface area contributed by atoms with Gasteiger partial charge in [-0.15, -0.1) is 0 Å². The Hall–Kier alpha value is -2.54. The average molecular weight is 291 g/mol. The highest BCUT2D eigenvalue weighted by atomic mass is 16.5. The van der Waals surface area contributed by atoms with E-state index >= 15 is 0 Å². The van der Waals surface area contributed by atoms with E-state index in [9.17, 15) is 4.79 Å². The zero-order valence-corrected chi connectivity index (χ0v) is 11.8. The lowest BCUT2D eigenvalue weighted by Crippen LogP contribution is -2.12. The molecule has 2 aromatic rings. The lowest BCUT2D eigenvalue weighted by Gasteiger charge is -2.12. The normalized spacial score (nSPS) is 10.2. The van der Waals surface area contributed by atoms with Gasteiger partial charge in [-0.1, -0.05) is 0 Å². The molecule has 0 saturated heterocycles. The molecule has 0 radical (unpaired) electrons. The van der Waals surface area contributed by atoms with Crippen LogP contribution in [0, 0.1) is 6.92 Å². The van der Waals surface area contributed by atoms with Crippen LogP contribution >= 0.6 is 0 Å². The van der Waals surface area contributed by atoms with Crippen molar-refractivity contribution in [2.24, 2.45) is 0 Å². The number of benzene rings is 1. The zero-order valence-electron chi connectivity index (χ0n) is 11.8. The molecule has 3 N–H and O–H groups in total. The van der Waals surface area contributed by atoms with Crippen LogP contribution in [0.5, 0.6) is 11.5 Å². The second-order valence-corrected chi connectivity index (χ2v) is 4.30. The molecule has 1 heterocycles. The van der Waals surface area contributed by atoms with Gasteiger partial charge in [-0.3, -0.25) is 9.89 Å². The summed E-state index contributed by atoms with van der Waals surface area (Å²) in [5.41, 5.74) is 1.73. The lowest BCUT2D eigenvalue weighted by atomic mass is 10.2. The van der Waals surface area contributed by atoms with Crippen LogP contribution in [0.3, 0.4) is 0 Å².